The lowest BCUT2D eigenvalue weighted by atomic mass is 10.0. The zero-order valence-electron chi connectivity index (χ0n) is 13.7. The summed E-state index contributed by atoms with van der Waals surface area (Å²) in [5.74, 6) is -0.687. The van der Waals surface area contributed by atoms with Crippen molar-refractivity contribution in [2.75, 3.05) is 19.8 Å². The fraction of sp³-hybridized carbons (Fsp3) is 0.529. The molecule has 0 aliphatic carbocycles. The number of rotatable bonds is 3. The van der Waals surface area contributed by atoms with E-state index < -0.39 is 23.6 Å². The van der Waals surface area contributed by atoms with Gasteiger partial charge in [-0.1, -0.05) is 12.1 Å². The molecule has 0 N–H and O–H groups in total. The van der Waals surface area contributed by atoms with E-state index in [2.05, 4.69) is 0 Å². The van der Waals surface area contributed by atoms with Crippen LogP contribution in [0.2, 0.25) is 0 Å². The van der Waals surface area contributed by atoms with Crippen molar-refractivity contribution in [1.29, 1.82) is 0 Å². The zero-order valence-corrected chi connectivity index (χ0v) is 13.7. The molecule has 0 spiro atoms. The summed E-state index contributed by atoms with van der Waals surface area (Å²) >= 11 is 0. The van der Waals surface area contributed by atoms with Crippen molar-refractivity contribution in [3.8, 4) is 0 Å². The molecule has 2 rings (SSSR count). The Morgan fingerprint density at radius 2 is 2.13 bits per heavy atom. The van der Waals surface area contributed by atoms with Crippen LogP contribution in [0.15, 0.2) is 24.3 Å². The van der Waals surface area contributed by atoms with Gasteiger partial charge in [-0.25, -0.2) is 9.18 Å². The highest BCUT2D eigenvalue weighted by molar-refractivity contribution is 5.96. The highest BCUT2D eigenvalue weighted by atomic mass is 19.1. The van der Waals surface area contributed by atoms with Gasteiger partial charge in [0.25, 0.3) is 0 Å². The number of carbonyl (C=O) groups is 2. The molecule has 0 bridgehead atoms. The minimum atomic E-state index is -0.605. The third kappa shape index (κ3) is 5.03. The number of ether oxygens (including phenoxy) is 2. The average Bonchev–Trinajstić information content (AvgIpc) is 2.46. The quantitative estimate of drug-likeness (QED) is 0.802. The molecule has 1 aromatic rings. The maximum Gasteiger partial charge on any atom is 0.410 e. The van der Waals surface area contributed by atoms with E-state index in [9.17, 15) is 14.0 Å². The molecule has 1 aliphatic heterocycles. The molecular formula is C17H22FNO4. The molecule has 0 saturated carbocycles. The van der Waals surface area contributed by atoms with E-state index >= 15 is 0 Å². The average molecular weight is 323 g/mol. The van der Waals surface area contributed by atoms with Crippen molar-refractivity contribution in [2.24, 2.45) is 0 Å². The lowest BCUT2D eigenvalue weighted by Gasteiger charge is -2.36. The molecule has 1 atom stereocenters. The van der Waals surface area contributed by atoms with E-state index in [-0.39, 0.29) is 18.8 Å². The number of hydrogen-bond acceptors (Lipinski definition) is 4. The highest BCUT2D eigenvalue weighted by Gasteiger charge is 2.32. The van der Waals surface area contributed by atoms with Crippen LogP contribution in [0.3, 0.4) is 0 Å². The second-order valence-electron chi connectivity index (χ2n) is 6.54. The normalized spacial score (nSPS) is 18.6. The molecule has 1 aliphatic rings. The van der Waals surface area contributed by atoms with Gasteiger partial charge in [-0.15, -0.1) is 0 Å². The Balaban J connectivity index is 2.06. The highest BCUT2D eigenvalue weighted by Crippen LogP contribution is 2.18. The first-order valence-corrected chi connectivity index (χ1v) is 7.62. The minimum absolute atomic E-state index is 0.0721. The van der Waals surface area contributed by atoms with Gasteiger partial charge >= 0.3 is 6.09 Å². The molecule has 0 aromatic heterocycles. The van der Waals surface area contributed by atoms with Crippen molar-refractivity contribution in [1.82, 2.24) is 4.90 Å². The molecule has 1 amide bonds. The Morgan fingerprint density at radius 3 is 2.78 bits per heavy atom. The van der Waals surface area contributed by atoms with Crippen LogP contribution in [-0.4, -0.2) is 48.2 Å². The first kappa shape index (κ1) is 17.4. The van der Waals surface area contributed by atoms with Crippen molar-refractivity contribution in [3.63, 3.8) is 0 Å². The number of hydrogen-bond donors (Lipinski definition) is 0. The molecule has 6 heteroatoms. The Bertz CT molecular complexity index is 582. The van der Waals surface area contributed by atoms with Crippen LogP contribution in [-0.2, 0) is 9.47 Å². The third-order valence-corrected chi connectivity index (χ3v) is 3.42. The number of Topliss-reactive ketones (excluding diaryl/α,β-unsaturated/α-hetero) is 1. The Kier molecular flexibility index (Phi) is 5.36. The zero-order chi connectivity index (χ0) is 17.0. The summed E-state index contributed by atoms with van der Waals surface area (Å²) in [5.41, 5.74) is -0.313. The van der Waals surface area contributed by atoms with Gasteiger partial charge in [0.05, 0.1) is 19.3 Å². The maximum atomic E-state index is 13.2. The van der Waals surface area contributed by atoms with E-state index in [1.165, 1.54) is 23.1 Å². The summed E-state index contributed by atoms with van der Waals surface area (Å²) in [4.78, 5) is 26.1. The van der Waals surface area contributed by atoms with Gasteiger partial charge in [0.1, 0.15) is 11.4 Å². The maximum absolute atomic E-state index is 13.2. The van der Waals surface area contributed by atoms with Crippen LogP contribution in [0.5, 0.6) is 0 Å². The number of nitrogens with zero attached hydrogens (tertiary/aromatic N) is 1. The smallest absolute Gasteiger partial charge is 0.410 e. The number of carbonyl (C=O) groups excluding carboxylic acids is 2. The van der Waals surface area contributed by atoms with Crippen LogP contribution < -0.4 is 0 Å². The van der Waals surface area contributed by atoms with Crippen molar-refractivity contribution < 1.29 is 23.5 Å². The van der Waals surface area contributed by atoms with E-state index in [0.29, 0.717) is 18.7 Å². The molecule has 0 radical (unpaired) electrons. The first-order valence-electron chi connectivity index (χ1n) is 7.62. The van der Waals surface area contributed by atoms with Crippen LogP contribution in [0.4, 0.5) is 9.18 Å². The Labute approximate surface area is 135 Å². The van der Waals surface area contributed by atoms with Crippen LogP contribution >= 0.6 is 0 Å². The molecule has 1 aromatic carbocycles. The van der Waals surface area contributed by atoms with Gasteiger partial charge in [0.2, 0.25) is 0 Å². The summed E-state index contributed by atoms with van der Waals surface area (Å²) < 4.78 is 24.0. The lowest BCUT2D eigenvalue weighted by Crippen LogP contribution is -2.51. The predicted molar refractivity (Wildman–Crippen MR) is 82.9 cm³/mol. The molecule has 5 nitrogen and oxygen atoms in total. The molecule has 23 heavy (non-hydrogen) atoms. The van der Waals surface area contributed by atoms with Crippen molar-refractivity contribution in [3.05, 3.63) is 35.6 Å². The van der Waals surface area contributed by atoms with E-state index in [1.807, 2.05) is 0 Å². The molecular weight excluding hydrogens is 301 g/mol. The summed E-state index contributed by atoms with van der Waals surface area (Å²) in [7, 11) is 0. The molecule has 1 heterocycles. The number of benzene rings is 1. The second kappa shape index (κ2) is 7.08. The van der Waals surface area contributed by atoms with Crippen LogP contribution in [0, 0.1) is 5.82 Å². The molecule has 1 saturated heterocycles. The Morgan fingerprint density at radius 1 is 1.39 bits per heavy atom. The van der Waals surface area contributed by atoms with Crippen molar-refractivity contribution in [2.45, 2.75) is 38.8 Å². The number of ketones is 1. The predicted octanol–water partition coefficient (Wildman–Crippen LogP) is 3.03. The number of halogens is 1. The van der Waals surface area contributed by atoms with E-state index in [1.54, 1.807) is 26.8 Å². The van der Waals surface area contributed by atoms with Crippen LogP contribution in [0.25, 0.3) is 0 Å². The van der Waals surface area contributed by atoms with Gasteiger partial charge in [-0.2, -0.15) is 0 Å². The molecule has 1 unspecified atom stereocenters. The summed E-state index contributed by atoms with van der Waals surface area (Å²) in [6.07, 6.45) is -0.388. The van der Waals surface area contributed by atoms with E-state index in [4.69, 9.17) is 9.47 Å². The molecule has 1 fully saturated rings. The van der Waals surface area contributed by atoms with Crippen molar-refractivity contribution >= 4 is 11.9 Å². The van der Waals surface area contributed by atoms with Gasteiger partial charge in [-0.05, 0) is 32.9 Å². The monoisotopic (exact) mass is 323 g/mol. The standard InChI is InChI=1S/C17H22FNO4/c1-17(2,3)23-16(21)19-7-8-22-11-14(19)10-15(20)12-5-4-6-13(18)9-12/h4-6,9,14H,7-8,10-11H2,1-3H3. The van der Waals surface area contributed by atoms with Gasteiger partial charge in [0, 0.05) is 18.5 Å². The lowest BCUT2D eigenvalue weighted by molar-refractivity contribution is -0.0322. The first-order chi connectivity index (χ1) is 10.8. The van der Waals surface area contributed by atoms with E-state index in [0.717, 1.165) is 0 Å². The fourth-order valence-electron chi connectivity index (χ4n) is 2.38. The van der Waals surface area contributed by atoms with Crippen LogP contribution in [0.1, 0.15) is 37.6 Å². The Hall–Kier alpha value is -1.95. The summed E-state index contributed by atoms with van der Waals surface area (Å²) in [6.45, 7) is 6.41. The summed E-state index contributed by atoms with van der Waals surface area (Å²) in [5, 5.41) is 0. The SMILES string of the molecule is CC(C)(C)OC(=O)N1CCOCC1CC(=O)c1cccc(F)c1. The largest absolute Gasteiger partial charge is 0.444 e. The number of morpholine rings is 1. The van der Waals surface area contributed by atoms with Gasteiger partial charge < -0.3 is 14.4 Å². The fourth-order valence-corrected chi connectivity index (χ4v) is 2.38. The minimum Gasteiger partial charge on any atom is -0.444 e. The topological polar surface area (TPSA) is 55.8 Å². The van der Waals surface area contributed by atoms with Gasteiger partial charge in [-0.3, -0.25) is 4.79 Å². The third-order valence-electron chi connectivity index (χ3n) is 3.42. The summed E-state index contributed by atoms with van der Waals surface area (Å²) in [6, 6.07) is 5.13. The second-order valence-corrected chi connectivity index (χ2v) is 6.54. The number of amides is 1. The molecule has 126 valence electrons. The van der Waals surface area contributed by atoms with Gasteiger partial charge in [0.15, 0.2) is 5.78 Å².